The third-order valence-electron chi connectivity index (χ3n) is 1.46. The monoisotopic (exact) mass is 219 g/mol. The number of hydrogen-bond acceptors (Lipinski definition) is 2. The lowest BCUT2D eigenvalue weighted by molar-refractivity contribution is -0.153. The Morgan fingerprint density at radius 3 is 2.53 bits per heavy atom. The van der Waals surface area contributed by atoms with Gasteiger partial charge < -0.3 is 4.74 Å². The molecule has 0 heterocycles. The SMILES string of the molecule is N#Cc1ccc(F)cc1OCC(F)(F)F. The van der Waals surface area contributed by atoms with Gasteiger partial charge in [0.15, 0.2) is 6.61 Å². The van der Waals surface area contributed by atoms with E-state index in [9.17, 15) is 17.6 Å². The third-order valence-corrected chi connectivity index (χ3v) is 1.46. The van der Waals surface area contributed by atoms with E-state index in [0.717, 1.165) is 18.2 Å². The molecule has 1 aromatic carbocycles. The van der Waals surface area contributed by atoms with Crippen LogP contribution >= 0.6 is 0 Å². The number of alkyl halides is 3. The molecule has 80 valence electrons. The van der Waals surface area contributed by atoms with Crippen molar-refractivity contribution in [2.24, 2.45) is 0 Å². The molecule has 0 unspecified atom stereocenters. The Bertz CT molecular complexity index is 394. The van der Waals surface area contributed by atoms with Crippen molar-refractivity contribution in [2.75, 3.05) is 6.61 Å². The minimum atomic E-state index is -4.51. The molecule has 0 amide bonds. The van der Waals surface area contributed by atoms with E-state index in [2.05, 4.69) is 4.74 Å². The topological polar surface area (TPSA) is 33.0 Å². The summed E-state index contributed by atoms with van der Waals surface area (Å²) in [5, 5.41) is 8.51. The maximum atomic E-state index is 12.6. The van der Waals surface area contributed by atoms with Crippen molar-refractivity contribution in [1.29, 1.82) is 5.26 Å². The molecule has 2 nitrogen and oxygen atoms in total. The molecule has 0 N–H and O–H groups in total. The van der Waals surface area contributed by atoms with Crippen LogP contribution in [-0.2, 0) is 0 Å². The van der Waals surface area contributed by atoms with Gasteiger partial charge in [0.2, 0.25) is 0 Å². The van der Waals surface area contributed by atoms with Crippen LogP contribution < -0.4 is 4.74 Å². The van der Waals surface area contributed by atoms with Crippen molar-refractivity contribution in [3.05, 3.63) is 29.6 Å². The minimum absolute atomic E-state index is 0.138. The molecule has 0 saturated carbocycles. The first-order valence-corrected chi connectivity index (χ1v) is 3.81. The van der Waals surface area contributed by atoms with Crippen LogP contribution in [-0.4, -0.2) is 12.8 Å². The first kappa shape index (κ1) is 11.3. The first-order valence-electron chi connectivity index (χ1n) is 3.81. The number of benzene rings is 1. The summed E-state index contributed by atoms with van der Waals surface area (Å²) >= 11 is 0. The van der Waals surface area contributed by atoms with Crippen molar-refractivity contribution >= 4 is 0 Å². The fraction of sp³-hybridized carbons (Fsp3) is 0.222. The van der Waals surface area contributed by atoms with Gasteiger partial charge in [-0.2, -0.15) is 18.4 Å². The number of nitriles is 1. The molecule has 1 aromatic rings. The quantitative estimate of drug-likeness (QED) is 0.716. The van der Waals surface area contributed by atoms with Crippen LogP contribution in [0.15, 0.2) is 18.2 Å². The van der Waals surface area contributed by atoms with E-state index in [-0.39, 0.29) is 5.56 Å². The molecule has 6 heteroatoms. The predicted octanol–water partition coefficient (Wildman–Crippen LogP) is 2.64. The van der Waals surface area contributed by atoms with Crippen LogP contribution in [0.3, 0.4) is 0 Å². The Hall–Kier alpha value is -1.77. The highest BCUT2D eigenvalue weighted by molar-refractivity contribution is 5.42. The van der Waals surface area contributed by atoms with E-state index in [1.165, 1.54) is 0 Å². The summed E-state index contributed by atoms with van der Waals surface area (Å²) in [5.74, 6) is -1.17. The molecule has 0 spiro atoms. The molecule has 0 aliphatic rings. The highest BCUT2D eigenvalue weighted by Crippen LogP contribution is 2.22. The summed E-state index contributed by atoms with van der Waals surface area (Å²) in [6.07, 6.45) is -4.51. The lowest BCUT2D eigenvalue weighted by atomic mass is 10.2. The van der Waals surface area contributed by atoms with Gasteiger partial charge >= 0.3 is 6.18 Å². The second kappa shape index (κ2) is 4.17. The smallest absolute Gasteiger partial charge is 0.422 e. The van der Waals surface area contributed by atoms with E-state index in [4.69, 9.17) is 5.26 Å². The van der Waals surface area contributed by atoms with Gasteiger partial charge in [-0.15, -0.1) is 0 Å². The van der Waals surface area contributed by atoms with Crippen LogP contribution in [0, 0.1) is 17.1 Å². The number of nitrogens with zero attached hydrogens (tertiary/aromatic N) is 1. The highest BCUT2D eigenvalue weighted by Gasteiger charge is 2.28. The Kier molecular flexibility index (Phi) is 3.14. The van der Waals surface area contributed by atoms with Crippen LogP contribution in [0.5, 0.6) is 5.75 Å². The summed E-state index contributed by atoms with van der Waals surface area (Å²) in [6, 6.07) is 4.37. The first-order chi connectivity index (χ1) is 6.92. The van der Waals surface area contributed by atoms with Crippen LogP contribution in [0.25, 0.3) is 0 Å². The van der Waals surface area contributed by atoms with Gasteiger partial charge in [0.25, 0.3) is 0 Å². The van der Waals surface area contributed by atoms with Crippen molar-refractivity contribution < 1.29 is 22.3 Å². The average Bonchev–Trinajstić information content (AvgIpc) is 2.14. The second-order valence-corrected chi connectivity index (χ2v) is 2.66. The van der Waals surface area contributed by atoms with Crippen molar-refractivity contribution in [3.63, 3.8) is 0 Å². The molecule has 0 bridgehead atoms. The molecule has 0 atom stereocenters. The molecule has 1 rings (SSSR count). The summed E-state index contributed by atoms with van der Waals surface area (Å²) in [4.78, 5) is 0. The molecule has 0 aliphatic heterocycles. The minimum Gasteiger partial charge on any atom is -0.483 e. The average molecular weight is 219 g/mol. The van der Waals surface area contributed by atoms with Crippen molar-refractivity contribution in [1.82, 2.24) is 0 Å². The fourth-order valence-electron chi connectivity index (χ4n) is 0.868. The lowest BCUT2D eigenvalue weighted by Crippen LogP contribution is -2.19. The zero-order valence-electron chi connectivity index (χ0n) is 7.31. The molecular formula is C9H5F4NO. The zero-order valence-corrected chi connectivity index (χ0v) is 7.31. The number of rotatable bonds is 2. The van der Waals surface area contributed by atoms with Gasteiger partial charge in [-0.3, -0.25) is 0 Å². The van der Waals surface area contributed by atoms with E-state index < -0.39 is 24.3 Å². The largest absolute Gasteiger partial charge is 0.483 e. The molecule has 0 saturated heterocycles. The van der Waals surface area contributed by atoms with E-state index in [1.54, 1.807) is 6.07 Å². The van der Waals surface area contributed by atoms with Crippen molar-refractivity contribution in [2.45, 2.75) is 6.18 Å². The van der Waals surface area contributed by atoms with E-state index in [0.29, 0.717) is 0 Å². The molecule has 0 radical (unpaired) electrons. The van der Waals surface area contributed by atoms with Gasteiger partial charge in [0.1, 0.15) is 17.6 Å². The van der Waals surface area contributed by atoms with Crippen LogP contribution in [0.1, 0.15) is 5.56 Å². The lowest BCUT2D eigenvalue weighted by Gasteiger charge is -2.09. The van der Waals surface area contributed by atoms with Gasteiger partial charge in [-0.05, 0) is 12.1 Å². The summed E-state index contributed by atoms with van der Waals surface area (Å²) < 4.78 is 52.2. The van der Waals surface area contributed by atoms with Gasteiger partial charge in [0, 0.05) is 6.07 Å². The fourth-order valence-corrected chi connectivity index (χ4v) is 0.868. The maximum absolute atomic E-state index is 12.6. The van der Waals surface area contributed by atoms with E-state index in [1.807, 2.05) is 0 Å². The molecular weight excluding hydrogens is 214 g/mol. The molecule has 0 aromatic heterocycles. The zero-order chi connectivity index (χ0) is 11.5. The Balaban J connectivity index is 2.85. The maximum Gasteiger partial charge on any atom is 0.422 e. The summed E-state index contributed by atoms with van der Waals surface area (Å²) in [7, 11) is 0. The number of hydrogen-bond donors (Lipinski definition) is 0. The molecule has 0 fully saturated rings. The Labute approximate surface area is 82.7 Å². The molecule has 15 heavy (non-hydrogen) atoms. The van der Waals surface area contributed by atoms with Gasteiger partial charge in [0.05, 0.1) is 5.56 Å². The Morgan fingerprint density at radius 2 is 2.00 bits per heavy atom. The second-order valence-electron chi connectivity index (χ2n) is 2.66. The van der Waals surface area contributed by atoms with E-state index >= 15 is 0 Å². The predicted molar refractivity (Wildman–Crippen MR) is 42.7 cm³/mol. The highest BCUT2D eigenvalue weighted by atomic mass is 19.4. The van der Waals surface area contributed by atoms with Crippen LogP contribution in [0.4, 0.5) is 17.6 Å². The van der Waals surface area contributed by atoms with Crippen molar-refractivity contribution in [3.8, 4) is 11.8 Å². The van der Waals surface area contributed by atoms with Crippen LogP contribution in [0.2, 0.25) is 0 Å². The summed E-state index contributed by atoms with van der Waals surface area (Å²) in [6.45, 7) is -1.55. The summed E-state index contributed by atoms with van der Waals surface area (Å²) in [5.41, 5.74) is -0.138. The van der Waals surface area contributed by atoms with Gasteiger partial charge in [-0.25, -0.2) is 4.39 Å². The van der Waals surface area contributed by atoms with Gasteiger partial charge in [-0.1, -0.05) is 0 Å². The standard InChI is InChI=1S/C9H5F4NO/c10-7-2-1-6(4-14)8(3-7)15-5-9(11,12)13/h1-3H,5H2. The normalized spacial score (nSPS) is 10.9. The number of halogens is 4. The third kappa shape index (κ3) is 3.46. The number of ether oxygens (including phenoxy) is 1. The Morgan fingerprint density at radius 1 is 1.33 bits per heavy atom. The molecule has 0 aliphatic carbocycles.